The summed E-state index contributed by atoms with van der Waals surface area (Å²) < 4.78 is 0.900. The summed E-state index contributed by atoms with van der Waals surface area (Å²) in [6.45, 7) is 0. The molecule has 0 saturated carbocycles. The van der Waals surface area contributed by atoms with Gasteiger partial charge in [0.25, 0.3) is 0 Å². The molecule has 0 fully saturated rings. The Balaban J connectivity index is 1.66. The van der Waals surface area contributed by atoms with Crippen LogP contribution in [0, 0.1) is 0 Å². The largest absolute Gasteiger partial charge is 0.353 e. The second-order valence-electron chi connectivity index (χ2n) is 6.83. The minimum atomic E-state index is 0.721. The van der Waals surface area contributed by atoms with Crippen molar-refractivity contribution in [3.8, 4) is 11.4 Å². The van der Waals surface area contributed by atoms with Crippen molar-refractivity contribution in [2.75, 3.05) is 19.0 Å². The minimum Gasteiger partial charge on any atom is -0.353 e. The molecule has 9 heteroatoms. The van der Waals surface area contributed by atoms with Crippen molar-refractivity contribution in [1.29, 1.82) is 0 Å². The number of pyridine rings is 1. The van der Waals surface area contributed by atoms with Gasteiger partial charge in [0.1, 0.15) is 9.86 Å². The Labute approximate surface area is 175 Å². The first-order valence-electron chi connectivity index (χ1n) is 9.10. The molecule has 0 unspecified atom stereocenters. The molecule has 0 N–H and O–H groups in total. The molecule has 1 aliphatic rings. The van der Waals surface area contributed by atoms with Gasteiger partial charge >= 0.3 is 0 Å². The molecule has 4 aromatic rings. The zero-order valence-electron chi connectivity index (χ0n) is 15.5. The molecule has 0 atom stereocenters. The lowest BCUT2D eigenvalue weighted by atomic mass is 9.97. The van der Waals surface area contributed by atoms with E-state index in [4.69, 9.17) is 9.97 Å². The first-order valence-corrected chi connectivity index (χ1v) is 11.6. The van der Waals surface area contributed by atoms with E-state index in [9.17, 15) is 0 Å². The van der Waals surface area contributed by atoms with E-state index in [1.807, 2.05) is 48.7 Å². The maximum Gasteiger partial charge on any atom is 0.208 e. The Morgan fingerprint density at radius 3 is 2.75 bits per heavy atom. The standard InChI is InChI=1S/C19H18N6S3/c1-25(2)18-23-24-19(28-18)27-17-14-12-7-3-4-8-13(12)26-16(14)21-15(22-17)11-6-5-9-20-10-11/h5-6,9-10H,3-4,7-8H2,1-2H3. The van der Waals surface area contributed by atoms with Gasteiger partial charge in [0, 0.05) is 42.3 Å². The highest BCUT2D eigenvalue weighted by Crippen LogP contribution is 2.43. The lowest BCUT2D eigenvalue weighted by Crippen LogP contribution is -2.07. The molecule has 5 rings (SSSR count). The van der Waals surface area contributed by atoms with Crippen LogP contribution in [-0.4, -0.2) is 39.2 Å². The molecular formula is C19H18N6S3. The summed E-state index contributed by atoms with van der Waals surface area (Å²) in [6, 6.07) is 3.93. The Morgan fingerprint density at radius 2 is 1.96 bits per heavy atom. The Hall–Kier alpha value is -2.10. The van der Waals surface area contributed by atoms with Gasteiger partial charge in [-0.2, -0.15) is 0 Å². The highest BCUT2D eigenvalue weighted by atomic mass is 32.2. The Morgan fingerprint density at radius 1 is 1.07 bits per heavy atom. The normalized spacial score (nSPS) is 13.6. The van der Waals surface area contributed by atoms with Gasteiger partial charge in [0.15, 0.2) is 10.2 Å². The van der Waals surface area contributed by atoms with Crippen molar-refractivity contribution in [3.63, 3.8) is 0 Å². The SMILES string of the molecule is CN(C)c1nnc(Sc2nc(-c3cccnc3)nc3sc4c(c23)CCCC4)s1. The van der Waals surface area contributed by atoms with Crippen molar-refractivity contribution in [2.24, 2.45) is 0 Å². The van der Waals surface area contributed by atoms with Crippen molar-refractivity contribution < 1.29 is 0 Å². The van der Waals surface area contributed by atoms with E-state index in [1.54, 1.807) is 29.3 Å². The van der Waals surface area contributed by atoms with E-state index in [2.05, 4.69) is 15.2 Å². The molecule has 4 aromatic heterocycles. The van der Waals surface area contributed by atoms with Crippen molar-refractivity contribution in [2.45, 2.75) is 35.0 Å². The number of thiophene rings is 1. The monoisotopic (exact) mass is 426 g/mol. The smallest absolute Gasteiger partial charge is 0.208 e. The molecule has 4 heterocycles. The first kappa shape index (κ1) is 18.0. The van der Waals surface area contributed by atoms with E-state index in [0.717, 1.165) is 43.6 Å². The number of aromatic nitrogens is 5. The second-order valence-corrected chi connectivity index (χ2v) is 10.1. The highest BCUT2D eigenvalue weighted by molar-refractivity contribution is 8.01. The van der Waals surface area contributed by atoms with Gasteiger partial charge in [0.2, 0.25) is 5.13 Å². The van der Waals surface area contributed by atoms with E-state index >= 15 is 0 Å². The topological polar surface area (TPSA) is 67.7 Å². The fourth-order valence-corrected chi connectivity index (χ4v) is 6.49. The van der Waals surface area contributed by atoms with Crippen LogP contribution in [0.15, 0.2) is 33.9 Å². The number of fused-ring (bicyclic) bond motifs is 3. The van der Waals surface area contributed by atoms with Gasteiger partial charge < -0.3 is 4.90 Å². The molecule has 0 spiro atoms. The number of nitrogens with zero attached hydrogens (tertiary/aromatic N) is 6. The summed E-state index contributed by atoms with van der Waals surface area (Å²) in [5.41, 5.74) is 2.37. The summed E-state index contributed by atoms with van der Waals surface area (Å²) in [5.74, 6) is 0.721. The third kappa shape index (κ3) is 3.27. The minimum absolute atomic E-state index is 0.721. The average Bonchev–Trinajstić information content (AvgIpc) is 3.33. The lowest BCUT2D eigenvalue weighted by Gasteiger charge is -2.11. The fourth-order valence-electron chi connectivity index (χ4n) is 3.33. The predicted octanol–water partition coefficient (Wildman–Crippen LogP) is 4.70. The number of anilines is 1. The number of hydrogen-bond donors (Lipinski definition) is 0. The van der Waals surface area contributed by atoms with Gasteiger partial charge in [-0.15, -0.1) is 21.5 Å². The van der Waals surface area contributed by atoms with E-state index < -0.39 is 0 Å². The van der Waals surface area contributed by atoms with Crippen LogP contribution >= 0.6 is 34.4 Å². The Bertz CT molecular complexity index is 1140. The quantitative estimate of drug-likeness (QED) is 0.438. The van der Waals surface area contributed by atoms with Crippen LogP contribution in [-0.2, 0) is 12.8 Å². The van der Waals surface area contributed by atoms with Crippen LogP contribution in [0.4, 0.5) is 5.13 Å². The van der Waals surface area contributed by atoms with Gasteiger partial charge in [-0.25, -0.2) is 9.97 Å². The molecule has 28 heavy (non-hydrogen) atoms. The maximum absolute atomic E-state index is 4.94. The molecule has 0 aromatic carbocycles. The van der Waals surface area contributed by atoms with Crippen molar-refractivity contribution >= 4 is 49.8 Å². The van der Waals surface area contributed by atoms with Crippen LogP contribution in [0.25, 0.3) is 21.6 Å². The summed E-state index contributed by atoms with van der Waals surface area (Å²) in [4.78, 5) is 18.6. The number of rotatable bonds is 4. The molecule has 0 amide bonds. The van der Waals surface area contributed by atoms with Gasteiger partial charge in [-0.1, -0.05) is 11.3 Å². The van der Waals surface area contributed by atoms with Gasteiger partial charge in [-0.3, -0.25) is 4.98 Å². The zero-order chi connectivity index (χ0) is 19.1. The lowest BCUT2D eigenvalue weighted by molar-refractivity contribution is 0.699. The summed E-state index contributed by atoms with van der Waals surface area (Å²) in [6.07, 6.45) is 8.33. The van der Waals surface area contributed by atoms with Gasteiger partial charge in [0.05, 0.1) is 0 Å². The van der Waals surface area contributed by atoms with Crippen LogP contribution in [0.1, 0.15) is 23.3 Å². The molecular weight excluding hydrogens is 408 g/mol. The Kier molecular flexibility index (Phi) is 4.73. The number of hydrogen-bond acceptors (Lipinski definition) is 9. The van der Waals surface area contributed by atoms with Gasteiger partial charge in [-0.05, 0) is 55.1 Å². The zero-order valence-corrected chi connectivity index (χ0v) is 18.0. The maximum atomic E-state index is 4.94. The third-order valence-electron chi connectivity index (χ3n) is 4.66. The summed E-state index contributed by atoms with van der Waals surface area (Å²) in [7, 11) is 3.96. The molecule has 1 aliphatic carbocycles. The van der Waals surface area contributed by atoms with E-state index in [1.165, 1.54) is 28.7 Å². The van der Waals surface area contributed by atoms with Crippen LogP contribution < -0.4 is 4.90 Å². The molecule has 0 saturated heterocycles. The second kappa shape index (κ2) is 7.38. The van der Waals surface area contributed by atoms with Crippen LogP contribution in [0.3, 0.4) is 0 Å². The summed E-state index contributed by atoms with van der Waals surface area (Å²) in [5, 5.41) is 11.7. The van der Waals surface area contributed by atoms with E-state index in [-0.39, 0.29) is 0 Å². The highest BCUT2D eigenvalue weighted by Gasteiger charge is 2.23. The van der Waals surface area contributed by atoms with Crippen LogP contribution in [0.5, 0.6) is 0 Å². The predicted molar refractivity (Wildman–Crippen MR) is 116 cm³/mol. The molecule has 0 radical (unpaired) electrons. The molecule has 0 aliphatic heterocycles. The fraction of sp³-hybridized carbons (Fsp3) is 0.316. The van der Waals surface area contributed by atoms with Crippen molar-refractivity contribution in [3.05, 3.63) is 35.0 Å². The molecule has 0 bridgehead atoms. The summed E-state index contributed by atoms with van der Waals surface area (Å²) >= 11 is 5.00. The van der Waals surface area contributed by atoms with Crippen molar-refractivity contribution in [1.82, 2.24) is 25.1 Å². The van der Waals surface area contributed by atoms with E-state index in [0.29, 0.717) is 0 Å². The third-order valence-corrected chi connectivity index (χ3v) is 7.98. The first-order chi connectivity index (χ1) is 13.7. The molecule has 6 nitrogen and oxygen atoms in total. The number of aryl methyl sites for hydroxylation is 2. The molecule has 142 valence electrons. The van der Waals surface area contributed by atoms with Crippen LogP contribution in [0.2, 0.25) is 0 Å². The average molecular weight is 427 g/mol.